The quantitative estimate of drug-likeness (QED) is 0.650. The first-order valence-corrected chi connectivity index (χ1v) is 8.98. The van der Waals surface area contributed by atoms with Crippen molar-refractivity contribution in [2.45, 2.75) is 25.8 Å². The van der Waals surface area contributed by atoms with Gasteiger partial charge in [0.25, 0.3) is 5.91 Å². The van der Waals surface area contributed by atoms with E-state index < -0.39 is 23.4 Å². The molecule has 0 atom stereocenters. The summed E-state index contributed by atoms with van der Waals surface area (Å²) in [6.07, 6.45) is 4.68. The van der Waals surface area contributed by atoms with Crippen molar-refractivity contribution in [3.05, 3.63) is 65.2 Å². The van der Waals surface area contributed by atoms with Gasteiger partial charge in [0.1, 0.15) is 11.6 Å². The third kappa shape index (κ3) is 5.71. The van der Waals surface area contributed by atoms with Gasteiger partial charge in [-0.05, 0) is 42.7 Å². The molecule has 3 rings (SSSR count). The Morgan fingerprint density at radius 1 is 0.966 bits per heavy atom. The van der Waals surface area contributed by atoms with Gasteiger partial charge in [0, 0.05) is 30.7 Å². The Hall–Kier alpha value is -3.55. The van der Waals surface area contributed by atoms with Gasteiger partial charge in [-0.2, -0.15) is 0 Å². The predicted molar refractivity (Wildman–Crippen MR) is 105 cm³/mol. The summed E-state index contributed by atoms with van der Waals surface area (Å²) >= 11 is 0. The van der Waals surface area contributed by atoms with E-state index in [1.54, 1.807) is 24.3 Å². The summed E-state index contributed by atoms with van der Waals surface area (Å²) < 4.78 is 27.5. The summed E-state index contributed by atoms with van der Waals surface area (Å²) in [5.41, 5.74) is 0.689. The van der Waals surface area contributed by atoms with Crippen molar-refractivity contribution in [1.82, 2.24) is 5.32 Å². The maximum Gasteiger partial charge on any atom is 0.251 e. The van der Waals surface area contributed by atoms with Crippen molar-refractivity contribution in [3.8, 4) is 0 Å². The molecule has 0 aliphatic heterocycles. The van der Waals surface area contributed by atoms with E-state index in [4.69, 9.17) is 0 Å². The molecule has 8 heteroatoms. The molecular weight excluding hydrogens is 380 g/mol. The first-order valence-electron chi connectivity index (χ1n) is 8.98. The molecule has 3 amide bonds. The molecule has 0 heterocycles. The summed E-state index contributed by atoms with van der Waals surface area (Å²) in [6, 6.07) is 8.51. The lowest BCUT2D eigenvalue weighted by molar-refractivity contribution is -0.114. The lowest BCUT2D eigenvalue weighted by Crippen LogP contribution is -2.25. The SMILES string of the molecule is CC(=O)Nc1cc(NC(=O)/C=C/c2ccc(C(=O)NC3CC3)cc2)c(F)cc1F. The molecule has 1 aliphatic rings. The molecule has 6 nitrogen and oxygen atoms in total. The molecule has 29 heavy (non-hydrogen) atoms. The third-order valence-electron chi connectivity index (χ3n) is 4.14. The van der Waals surface area contributed by atoms with E-state index in [9.17, 15) is 23.2 Å². The topological polar surface area (TPSA) is 87.3 Å². The molecule has 0 unspecified atom stereocenters. The van der Waals surface area contributed by atoms with Crippen LogP contribution in [-0.4, -0.2) is 23.8 Å². The molecule has 2 aromatic carbocycles. The standard InChI is InChI=1S/C21H19F2N3O3/c1-12(27)24-18-11-19(17(23)10-16(18)22)26-20(28)9-4-13-2-5-14(6-3-13)21(29)25-15-7-8-15/h2-6,9-11,15H,7-8H2,1H3,(H,24,27)(H,25,29)(H,26,28)/b9-4+. The number of carbonyl (C=O) groups excluding carboxylic acids is 3. The summed E-state index contributed by atoms with van der Waals surface area (Å²) in [4.78, 5) is 35.1. The number of rotatable bonds is 6. The van der Waals surface area contributed by atoms with Gasteiger partial charge in [-0.3, -0.25) is 14.4 Å². The van der Waals surface area contributed by atoms with Crippen LogP contribution in [0.15, 0.2) is 42.5 Å². The minimum Gasteiger partial charge on any atom is -0.349 e. The van der Waals surface area contributed by atoms with Crippen molar-refractivity contribution in [2.75, 3.05) is 10.6 Å². The Labute approximate surface area is 166 Å². The fraction of sp³-hybridized carbons (Fsp3) is 0.190. The zero-order chi connectivity index (χ0) is 21.0. The molecule has 0 saturated heterocycles. The number of carbonyl (C=O) groups is 3. The second-order valence-corrected chi connectivity index (χ2v) is 6.69. The van der Waals surface area contributed by atoms with Crippen molar-refractivity contribution < 1.29 is 23.2 Å². The Morgan fingerprint density at radius 2 is 1.59 bits per heavy atom. The van der Waals surface area contributed by atoms with Gasteiger partial charge in [0.2, 0.25) is 11.8 Å². The average molecular weight is 399 g/mol. The van der Waals surface area contributed by atoms with E-state index in [-0.39, 0.29) is 23.3 Å². The van der Waals surface area contributed by atoms with Crippen LogP contribution in [0.25, 0.3) is 6.08 Å². The molecule has 0 radical (unpaired) electrons. The highest BCUT2D eigenvalue weighted by Gasteiger charge is 2.23. The Kier molecular flexibility index (Phi) is 6.01. The Bertz CT molecular complexity index is 983. The van der Waals surface area contributed by atoms with Crippen LogP contribution < -0.4 is 16.0 Å². The second kappa shape index (κ2) is 8.64. The van der Waals surface area contributed by atoms with Gasteiger partial charge in [-0.25, -0.2) is 8.78 Å². The number of amides is 3. The number of nitrogens with one attached hydrogen (secondary N) is 3. The van der Waals surface area contributed by atoms with Gasteiger partial charge in [0.05, 0.1) is 11.4 Å². The first kappa shape index (κ1) is 20.2. The number of hydrogen-bond donors (Lipinski definition) is 3. The normalized spacial score (nSPS) is 13.2. The van der Waals surface area contributed by atoms with Crippen LogP contribution in [-0.2, 0) is 9.59 Å². The smallest absolute Gasteiger partial charge is 0.251 e. The van der Waals surface area contributed by atoms with Crippen LogP contribution in [0.5, 0.6) is 0 Å². The number of halogens is 2. The summed E-state index contributed by atoms with van der Waals surface area (Å²) in [7, 11) is 0. The number of benzene rings is 2. The molecule has 1 aliphatic carbocycles. The number of hydrogen-bond acceptors (Lipinski definition) is 3. The fourth-order valence-electron chi connectivity index (χ4n) is 2.52. The van der Waals surface area contributed by atoms with E-state index >= 15 is 0 Å². The van der Waals surface area contributed by atoms with Crippen LogP contribution in [0.1, 0.15) is 35.7 Å². The Morgan fingerprint density at radius 3 is 2.17 bits per heavy atom. The minimum absolute atomic E-state index is 0.137. The molecule has 3 N–H and O–H groups in total. The van der Waals surface area contributed by atoms with Gasteiger partial charge >= 0.3 is 0 Å². The molecule has 150 valence electrons. The molecular formula is C21H19F2N3O3. The van der Waals surface area contributed by atoms with E-state index in [1.165, 1.54) is 19.1 Å². The predicted octanol–water partition coefficient (Wildman–Crippen LogP) is 3.47. The highest BCUT2D eigenvalue weighted by Crippen LogP contribution is 2.23. The molecule has 0 bridgehead atoms. The summed E-state index contributed by atoms with van der Waals surface area (Å²) in [5.74, 6) is -3.22. The summed E-state index contributed by atoms with van der Waals surface area (Å²) in [6.45, 7) is 1.19. The Balaban J connectivity index is 1.63. The van der Waals surface area contributed by atoms with E-state index in [0.29, 0.717) is 17.2 Å². The fourth-order valence-corrected chi connectivity index (χ4v) is 2.52. The van der Waals surface area contributed by atoms with Gasteiger partial charge in [-0.1, -0.05) is 12.1 Å². The van der Waals surface area contributed by atoms with Crippen LogP contribution in [0.3, 0.4) is 0 Å². The average Bonchev–Trinajstić information content (AvgIpc) is 3.48. The maximum absolute atomic E-state index is 13.9. The lowest BCUT2D eigenvalue weighted by Gasteiger charge is -2.09. The van der Waals surface area contributed by atoms with Crippen molar-refractivity contribution in [1.29, 1.82) is 0 Å². The molecule has 0 spiro atoms. The van der Waals surface area contributed by atoms with E-state index in [0.717, 1.165) is 18.9 Å². The van der Waals surface area contributed by atoms with Gasteiger partial charge < -0.3 is 16.0 Å². The van der Waals surface area contributed by atoms with Crippen molar-refractivity contribution in [3.63, 3.8) is 0 Å². The largest absolute Gasteiger partial charge is 0.349 e. The zero-order valence-electron chi connectivity index (χ0n) is 15.6. The molecule has 1 fully saturated rings. The van der Waals surface area contributed by atoms with Crippen LogP contribution in [0, 0.1) is 11.6 Å². The lowest BCUT2D eigenvalue weighted by atomic mass is 10.1. The molecule has 0 aromatic heterocycles. The van der Waals surface area contributed by atoms with Gasteiger partial charge in [-0.15, -0.1) is 0 Å². The number of anilines is 2. The van der Waals surface area contributed by atoms with E-state index in [2.05, 4.69) is 16.0 Å². The summed E-state index contributed by atoms with van der Waals surface area (Å²) in [5, 5.41) is 7.40. The van der Waals surface area contributed by atoms with Crippen LogP contribution in [0.2, 0.25) is 0 Å². The van der Waals surface area contributed by atoms with Crippen molar-refractivity contribution in [2.24, 2.45) is 0 Å². The maximum atomic E-state index is 13.9. The van der Waals surface area contributed by atoms with E-state index in [1.807, 2.05) is 0 Å². The highest BCUT2D eigenvalue weighted by molar-refractivity contribution is 6.02. The zero-order valence-corrected chi connectivity index (χ0v) is 15.6. The third-order valence-corrected chi connectivity index (χ3v) is 4.14. The highest BCUT2D eigenvalue weighted by atomic mass is 19.1. The molecule has 2 aromatic rings. The van der Waals surface area contributed by atoms with Crippen LogP contribution in [0.4, 0.5) is 20.2 Å². The second-order valence-electron chi connectivity index (χ2n) is 6.69. The molecule has 1 saturated carbocycles. The van der Waals surface area contributed by atoms with Crippen molar-refractivity contribution >= 4 is 35.2 Å². The monoisotopic (exact) mass is 399 g/mol. The minimum atomic E-state index is -0.968. The van der Waals surface area contributed by atoms with Crippen LogP contribution >= 0.6 is 0 Å². The van der Waals surface area contributed by atoms with Gasteiger partial charge in [0.15, 0.2) is 0 Å². The first-order chi connectivity index (χ1) is 13.8.